The molecular formula is C49H92O5. The van der Waals surface area contributed by atoms with Crippen molar-refractivity contribution in [1.82, 2.24) is 0 Å². The molecule has 1 N–H and O–H groups in total. The lowest BCUT2D eigenvalue weighted by Crippen LogP contribution is -2.28. The summed E-state index contributed by atoms with van der Waals surface area (Å²) in [4.78, 5) is 24.0. The first-order valence-electron chi connectivity index (χ1n) is 23.9. The number of esters is 2. The van der Waals surface area contributed by atoms with Crippen molar-refractivity contribution in [1.29, 1.82) is 0 Å². The maximum Gasteiger partial charge on any atom is 0.306 e. The van der Waals surface area contributed by atoms with Crippen LogP contribution >= 0.6 is 0 Å². The quantitative estimate of drug-likeness (QED) is 0.0380. The fourth-order valence-corrected chi connectivity index (χ4v) is 7.12. The van der Waals surface area contributed by atoms with Crippen molar-refractivity contribution in [2.45, 2.75) is 264 Å². The first kappa shape index (κ1) is 52.4. The van der Waals surface area contributed by atoms with Crippen LogP contribution in [0.15, 0.2) is 24.3 Å². The minimum absolute atomic E-state index is 0.0618. The second kappa shape index (κ2) is 45.8. The number of allylic oxidation sites excluding steroid dienone is 4. The molecule has 0 aromatic rings. The van der Waals surface area contributed by atoms with E-state index in [2.05, 4.69) is 38.2 Å². The average molecular weight is 761 g/mol. The Balaban J connectivity index is 3.32. The van der Waals surface area contributed by atoms with Crippen molar-refractivity contribution in [2.75, 3.05) is 13.2 Å². The van der Waals surface area contributed by atoms with Gasteiger partial charge < -0.3 is 14.6 Å². The first-order valence-corrected chi connectivity index (χ1v) is 23.9. The standard InChI is InChI=1S/C49H92O5/c1-3-5-7-9-10-11-12-13-14-15-16-17-18-19-20-21-22-23-24-25-26-27-28-29-30-31-32-33-34-35-36-37-38-40-42-44-49(52)54-47(45-50)46-53-48(51)43-41-39-8-6-4-2/h12-13,15-16,47,50H,3-11,14,17-46H2,1-2H3/b13-12-,16-15-. The Kier molecular flexibility index (Phi) is 44.4. The maximum absolute atomic E-state index is 12.1. The van der Waals surface area contributed by atoms with Crippen LogP contribution in [0, 0.1) is 0 Å². The van der Waals surface area contributed by atoms with Gasteiger partial charge in [-0.15, -0.1) is 0 Å². The zero-order chi connectivity index (χ0) is 39.3. The van der Waals surface area contributed by atoms with Crippen LogP contribution in [-0.2, 0) is 19.1 Å². The highest BCUT2D eigenvalue weighted by molar-refractivity contribution is 5.70. The zero-order valence-electron chi connectivity index (χ0n) is 36.3. The molecule has 0 aromatic heterocycles. The van der Waals surface area contributed by atoms with Crippen LogP contribution < -0.4 is 0 Å². The Morgan fingerprint density at radius 1 is 0.426 bits per heavy atom. The lowest BCUT2D eigenvalue weighted by molar-refractivity contribution is -0.161. The van der Waals surface area contributed by atoms with E-state index in [-0.39, 0.29) is 25.2 Å². The van der Waals surface area contributed by atoms with Crippen LogP contribution in [0.1, 0.15) is 258 Å². The number of hydrogen-bond donors (Lipinski definition) is 1. The van der Waals surface area contributed by atoms with Gasteiger partial charge in [0.2, 0.25) is 0 Å². The van der Waals surface area contributed by atoms with E-state index in [0.717, 1.165) is 44.9 Å². The minimum atomic E-state index is -0.762. The number of hydrogen-bond acceptors (Lipinski definition) is 5. The van der Waals surface area contributed by atoms with Gasteiger partial charge in [0, 0.05) is 12.8 Å². The van der Waals surface area contributed by atoms with E-state index >= 15 is 0 Å². The van der Waals surface area contributed by atoms with Crippen molar-refractivity contribution in [2.24, 2.45) is 0 Å². The predicted molar refractivity (Wildman–Crippen MR) is 233 cm³/mol. The summed E-state index contributed by atoms with van der Waals surface area (Å²) in [7, 11) is 0. The van der Waals surface area contributed by atoms with Gasteiger partial charge in [-0.2, -0.15) is 0 Å². The molecule has 0 amide bonds. The monoisotopic (exact) mass is 761 g/mol. The Labute approximate surface area is 336 Å². The van der Waals surface area contributed by atoms with E-state index < -0.39 is 6.10 Å². The first-order chi connectivity index (χ1) is 26.6. The Bertz CT molecular complexity index is 821. The van der Waals surface area contributed by atoms with E-state index in [9.17, 15) is 14.7 Å². The Morgan fingerprint density at radius 3 is 1.09 bits per heavy atom. The smallest absolute Gasteiger partial charge is 0.306 e. The number of carbonyl (C=O) groups is 2. The summed E-state index contributed by atoms with van der Waals surface area (Å²) in [6, 6.07) is 0. The van der Waals surface area contributed by atoms with Crippen LogP contribution in [-0.4, -0.2) is 36.4 Å². The molecule has 0 fully saturated rings. The number of unbranched alkanes of at least 4 members (excludes halogenated alkanes) is 32. The third-order valence-electron chi connectivity index (χ3n) is 10.7. The van der Waals surface area contributed by atoms with Crippen LogP contribution in [0.4, 0.5) is 0 Å². The molecule has 0 saturated carbocycles. The predicted octanol–water partition coefficient (Wildman–Crippen LogP) is 15.4. The number of aliphatic hydroxyl groups excluding tert-OH is 1. The molecule has 0 bridgehead atoms. The molecule has 0 aliphatic carbocycles. The number of carbonyl (C=O) groups excluding carboxylic acids is 2. The van der Waals surface area contributed by atoms with E-state index in [1.54, 1.807) is 0 Å². The second-order valence-corrected chi connectivity index (χ2v) is 16.2. The highest BCUT2D eigenvalue weighted by Gasteiger charge is 2.16. The molecule has 0 rings (SSSR count). The highest BCUT2D eigenvalue weighted by Crippen LogP contribution is 2.16. The van der Waals surface area contributed by atoms with E-state index in [0.29, 0.717) is 12.8 Å². The van der Waals surface area contributed by atoms with Gasteiger partial charge in [0.1, 0.15) is 6.61 Å². The lowest BCUT2D eigenvalue weighted by atomic mass is 10.0. The molecule has 5 nitrogen and oxygen atoms in total. The Morgan fingerprint density at radius 2 is 0.741 bits per heavy atom. The largest absolute Gasteiger partial charge is 0.462 e. The van der Waals surface area contributed by atoms with Crippen molar-refractivity contribution in [3.8, 4) is 0 Å². The Hall–Kier alpha value is -1.62. The topological polar surface area (TPSA) is 72.8 Å². The highest BCUT2D eigenvalue weighted by atomic mass is 16.6. The fourth-order valence-electron chi connectivity index (χ4n) is 7.12. The molecule has 1 atom stereocenters. The third-order valence-corrected chi connectivity index (χ3v) is 10.7. The summed E-state index contributed by atoms with van der Waals surface area (Å²) in [5.41, 5.74) is 0. The summed E-state index contributed by atoms with van der Waals surface area (Å²) < 4.78 is 10.5. The van der Waals surface area contributed by atoms with Gasteiger partial charge in [0.15, 0.2) is 6.10 Å². The molecule has 1 unspecified atom stereocenters. The van der Waals surface area contributed by atoms with Gasteiger partial charge in [-0.1, -0.05) is 224 Å². The fraction of sp³-hybridized carbons (Fsp3) is 0.878. The van der Waals surface area contributed by atoms with Crippen molar-refractivity contribution >= 4 is 11.9 Å². The summed E-state index contributed by atoms with van der Waals surface area (Å²) in [5.74, 6) is -0.594. The van der Waals surface area contributed by atoms with Crippen LogP contribution in [0.2, 0.25) is 0 Å². The van der Waals surface area contributed by atoms with E-state index in [1.165, 1.54) is 186 Å². The minimum Gasteiger partial charge on any atom is -0.462 e. The number of aliphatic hydroxyl groups is 1. The number of ether oxygens (including phenoxy) is 2. The van der Waals surface area contributed by atoms with Crippen LogP contribution in [0.3, 0.4) is 0 Å². The van der Waals surface area contributed by atoms with Gasteiger partial charge in [-0.3, -0.25) is 9.59 Å². The molecule has 54 heavy (non-hydrogen) atoms. The van der Waals surface area contributed by atoms with E-state index in [1.807, 2.05) is 0 Å². The van der Waals surface area contributed by atoms with Gasteiger partial charge in [0.05, 0.1) is 6.61 Å². The molecule has 0 spiro atoms. The SMILES string of the molecule is CCCCCCC/C=C\C/C=C\CCCCCCCCCCCCCCCCCCCCCCCCCC(=O)OC(CO)COC(=O)CCCCCCC. The molecule has 0 aliphatic heterocycles. The second-order valence-electron chi connectivity index (χ2n) is 16.2. The molecule has 0 aliphatic rings. The van der Waals surface area contributed by atoms with E-state index in [4.69, 9.17) is 9.47 Å². The lowest BCUT2D eigenvalue weighted by Gasteiger charge is -2.15. The van der Waals surface area contributed by atoms with Gasteiger partial charge in [-0.25, -0.2) is 0 Å². The summed E-state index contributed by atoms with van der Waals surface area (Å²) >= 11 is 0. The van der Waals surface area contributed by atoms with Crippen LogP contribution in [0.25, 0.3) is 0 Å². The molecule has 318 valence electrons. The van der Waals surface area contributed by atoms with Crippen molar-refractivity contribution < 1.29 is 24.2 Å². The normalized spacial score (nSPS) is 12.3. The zero-order valence-corrected chi connectivity index (χ0v) is 36.3. The van der Waals surface area contributed by atoms with Gasteiger partial charge >= 0.3 is 11.9 Å². The molecule has 5 heteroatoms. The summed E-state index contributed by atoms with van der Waals surface area (Å²) in [5, 5.41) is 9.49. The third kappa shape index (κ3) is 43.1. The molecule has 0 aromatic carbocycles. The van der Waals surface area contributed by atoms with Crippen LogP contribution in [0.5, 0.6) is 0 Å². The van der Waals surface area contributed by atoms with Gasteiger partial charge in [0.25, 0.3) is 0 Å². The average Bonchev–Trinajstić information content (AvgIpc) is 3.17. The molecule has 0 radical (unpaired) electrons. The number of rotatable bonds is 44. The molecular weight excluding hydrogens is 669 g/mol. The molecule has 0 saturated heterocycles. The summed E-state index contributed by atoms with van der Waals surface area (Å²) in [6.07, 6.45) is 56.2. The van der Waals surface area contributed by atoms with Gasteiger partial charge in [-0.05, 0) is 44.9 Å². The summed E-state index contributed by atoms with van der Waals surface area (Å²) in [6.45, 7) is 4.06. The maximum atomic E-state index is 12.1. The van der Waals surface area contributed by atoms with Crippen molar-refractivity contribution in [3.05, 3.63) is 24.3 Å². The molecule has 0 heterocycles. The van der Waals surface area contributed by atoms with Crippen molar-refractivity contribution in [3.63, 3.8) is 0 Å².